The van der Waals surface area contributed by atoms with Gasteiger partial charge >= 0.3 is 0 Å². The molecule has 110 valence electrons. The predicted molar refractivity (Wildman–Crippen MR) is 87.5 cm³/mol. The number of hydrogen-bond acceptors (Lipinski definition) is 5. The molecule has 3 heterocycles. The van der Waals surface area contributed by atoms with E-state index in [9.17, 15) is 0 Å². The van der Waals surface area contributed by atoms with E-state index in [0.29, 0.717) is 11.6 Å². The number of aromatic nitrogens is 4. The van der Waals surface area contributed by atoms with Crippen LogP contribution in [-0.2, 0) is 6.54 Å². The Hall–Kier alpha value is -1.66. The van der Waals surface area contributed by atoms with Crippen LogP contribution in [-0.4, -0.2) is 26.8 Å². The lowest BCUT2D eigenvalue weighted by Gasteiger charge is -2.07. The van der Waals surface area contributed by atoms with E-state index in [1.807, 2.05) is 18.7 Å². The topological polar surface area (TPSA) is 55.6 Å². The Kier molecular flexibility index (Phi) is 3.59. The summed E-state index contributed by atoms with van der Waals surface area (Å²) in [4.78, 5) is 11.6. The lowest BCUT2D eigenvalue weighted by molar-refractivity contribution is 0.640. The highest BCUT2D eigenvalue weighted by atomic mass is 35.5. The first kappa shape index (κ1) is 14.3. The van der Waals surface area contributed by atoms with Crippen LogP contribution in [0.5, 0.6) is 0 Å². The van der Waals surface area contributed by atoms with Crippen molar-refractivity contribution in [2.24, 2.45) is 0 Å². The summed E-state index contributed by atoms with van der Waals surface area (Å²) < 4.78 is 1.82. The normalized spacial score (nSPS) is 11.3. The molecular formula is C14H16ClN5S. The number of nitrogens with zero attached hydrogens (tertiary/aromatic N) is 4. The molecule has 5 nitrogen and oxygen atoms in total. The van der Waals surface area contributed by atoms with Gasteiger partial charge in [0.25, 0.3) is 0 Å². The van der Waals surface area contributed by atoms with E-state index in [1.165, 1.54) is 10.4 Å². The number of halogens is 1. The highest BCUT2D eigenvalue weighted by molar-refractivity contribution is 7.18. The third-order valence-corrected chi connectivity index (χ3v) is 5.12. The molecule has 0 atom stereocenters. The Bertz CT molecular complexity index is 820. The number of aryl methyl sites for hydroxylation is 2. The Morgan fingerprint density at radius 1 is 1.29 bits per heavy atom. The van der Waals surface area contributed by atoms with Gasteiger partial charge in [0.1, 0.15) is 17.2 Å². The molecule has 0 aliphatic rings. The smallest absolute Gasteiger partial charge is 0.153 e. The van der Waals surface area contributed by atoms with E-state index in [4.69, 9.17) is 11.6 Å². The second-order valence-electron chi connectivity index (χ2n) is 4.94. The van der Waals surface area contributed by atoms with Crippen molar-refractivity contribution in [1.29, 1.82) is 0 Å². The van der Waals surface area contributed by atoms with Crippen LogP contribution in [0.1, 0.15) is 22.0 Å². The lowest BCUT2D eigenvalue weighted by Crippen LogP contribution is -2.09. The van der Waals surface area contributed by atoms with Gasteiger partial charge in [-0.25, -0.2) is 9.97 Å². The van der Waals surface area contributed by atoms with Crippen LogP contribution in [0, 0.1) is 20.8 Å². The quantitative estimate of drug-likeness (QED) is 0.801. The first-order valence-corrected chi connectivity index (χ1v) is 7.83. The molecular weight excluding hydrogens is 306 g/mol. The van der Waals surface area contributed by atoms with E-state index < -0.39 is 0 Å². The van der Waals surface area contributed by atoms with Gasteiger partial charge in [-0.1, -0.05) is 11.6 Å². The Labute approximate surface area is 132 Å². The molecule has 7 heteroatoms. The van der Waals surface area contributed by atoms with Crippen molar-refractivity contribution in [2.75, 3.05) is 12.4 Å². The molecule has 0 fully saturated rings. The summed E-state index contributed by atoms with van der Waals surface area (Å²) >= 11 is 7.73. The van der Waals surface area contributed by atoms with Gasteiger partial charge < -0.3 is 5.32 Å². The molecule has 0 aromatic carbocycles. The van der Waals surface area contributed by atoms with Crippen molar-refractivity contribution in [1.82, 2.24) is 19.7 Å². The van der Waals surface area contributed by atoms with Gasteiger partial charge in [0.05, 0.1) is 22.3 Å². The van der Waals surface area contributed by atoms with Crippen molar-refractivity contribution in [3.63, 3.8) is 0 Å². The molecule has 0 saturated carbocycles. The second-order valence-corrected chi connectivity index (χ2v) is 6.55. The zero-order valence-electron chi connectivity index (χ0n) is 12.4. The molecule has 0 spiro atoms. The predicted octanol–water partition coefficient (Wildman–Crippen LogP) is 3.56. The summed E-state index contributed by atoms with van der Waals surface area (Å²) in [6.45, 7) is 6.67. The largest absolute Gasteiger partial charge is 0.372 e. The molecule has 21 heavy (non-hydrogen) atoms. The van der Waals surface area contributed by atoms with E-state index >= 15 is 0 Å². The summed E-state index contributed by atoms with van der Waals surface area (Å²) in [5.74, 6) is 1.60. The van der Waals surface area contributed by atoms with Crippen LogP contribution in [0.25, 0.3) is 10.2 Å². The molecule has 1 N–H and O–H groups in total. The van der Waals surface area contributed by atoms with Gasteiger partial charge in [-0.3, -0.25) is 4.68 Å². The van der Waals surface area contributed by atoms with Crippen molar-refractivity contribution in [3.8, 4) is 0 Å². The average molecular weight is 322 g/mol. The first-order valence-electron chi connectivity index (χ1n) is 6.63. The minimum Gasteiger partial charge on any atom is -0.372 e. The fourth-order valence-corrected chi connectivity index (χ4v) is 3.45. The standard InChI is InChI=1S/C14H16ClN5S/c1-7-9(3)21-14-12(7)13(16-4)18-11(19-14)6-20-8(2)10(15)5-17-20/h5H,6H2,1-4H3,(H,16,18,19). The Morgan fingerprint density at radius 2 is 2.05 bits per heavy atom. The fourth-order valence-electron chi connectivity index (χ4n) is 2.26. The van der Waals surface area contributed by atoms with Gasteiger partial charge in [-0.05, 0) is 26.3 Å². The number of fused-ring (bicyclic) bond motifs is 1. The third-order valence-electron chi connectivity index (χ3n) is 3.65. The highest BCUT2D eigenvalue weighted by Gasteiger charge is 2.15. The maximum Gasteiger partial charge on any atom is 0.153 e. The molecule has 3 rings (SSSR count). The average Bonchev–Trinajstić information content (AvgIpc) is 2.92. The second kappa shape index (κ2) is 5.27. The van der Waals surface area contributed by atoms with Crippen LogP contribution in [0.3, 0.4) is 0 Å². The Morgan fingerprint density at radius 3 is 2.67 bits per heavy atom. The molecule has 0 bridgehead atoms. The molecule has 0 amide bonds. The number of thiophene rings is 1. The molecule has 0 radical (unpaired) electrons. The van der Waals surface area contributed by atoms with Gasteiger partial charge in [0.15, 0.2) is 5.82 Å². The van der Waals surface area contributed by atoms with E-state index in [0.717, 1.165) is 27.6 Å². The summed E-state index contributed by atoms with van der Waals surface area (Å²) in [5.41, 5.74) is 2.16. The van der Waals surface area contributed by atoms with Crippen LogP contribution in [0.2, 0.25) is 5.02 Å². The summed E-state index contributed by atoms with van der Waals surface area (Å²) in [5, 5.41) is 9.20. The van der Waals surface area contributed by atoms with Crippen LogP contribution < -0.4 is 5.32 Å². The number of hydrogen-bond donors (Lipinski definition) is 1. The van der Waals surface area contributed by atoms with Gasteiger partial charge in [0, 0.05) is 11.9 Å². The van der Waals surface area contributed by atoms with Crippen molar-refractivity contribution >= 4 is 39.0 Å². The molecule has 0 aliphatic heterocycles. The van der Waals surface area contributed by atoms with Crippen LogP contribution >= 0.6 is 22.9 Å². The van der Waals surface area contributed by atoms with Gasteiger partial charge in [-0.2, -0.15) is 5.10 Å². The zero-order valence-corrected chi connectivity index (χ0v) is 13.9. The van der Waals surface area contributed by atoms with Crippen LogP contribution in [0.15, 0.2) is 6.20 Å². The molecule has 0 saturated heterocycles. The monoisotopic (exact) mass is 321 g/mol. The molecule has 3 aromatic rings. The molecule has 0 aliphatic carbocycles. The number of nitrogens with one attached hydrogen (secondary N) is 1. The van der Waals surface area contributed by atoms with E-state index in [-0.39, 0.29) is 0 Å². The zero-order chi connectivity index (χ0) is 15.1. The number of rotatable bonds is 3. The summed E-state index contributed by atoms with van der Waals surface area (Å²) in [6.07, 6.45) is 1.65. The van der Waals surface area contributed by atoms with Crippen molar-refractivity contribution < 1.29 is 0 Å². The highest BCUT2D eigenvalue weighted by Crippen LogP contribution is 2.33. The fraction of sp³-hybridized carbons (Fsp3) is 0.357. The first-order chi connectivity index (χ1) is 10.0. The van der Waals surface area contributed by atoms with Crippen LogP contribution in [0.4, 0.5) is 5.82 Å². The van der Waals surface area contributed by atoms with Gasteiger partial charge in [0.2, 0.25) is 0 Å². The van der Waals surface area contributed by atoms with E-state index in [1.54, 1.807) is 17.5 Å². The van der Waals surface area contributed by atoms with E-state index in [2.05, 4.69) is 34.2 Å². The lowest BCUT2D eigenvalue weighted by atomic mass is 10.2. The molecule has 3 aromatic heterocycles. The van der Waals surface area contributed by atoms with Crippen molar-refractivity contribution in [3.05, 3.63) is 33.2 Å². The molecule has 0 unspecified atom stereocenters. The maximum absolute atomic E-state index is 6.04. The minimum absolute atomic E-state index is 0.513. The minimum atomic E-state index is 0.513. The summed E-state index contributed by atoms with van der Waals surface area (Å²) in [6, 6.07) is 0. The van der Waals surface area contributed by atoms with Gasteiger partial charge in [-0.15, -0.1) is 11.3 Å². The summed E-state index contributed by atoms with van der Waals surface area (Å²) in [7, 11) is 1.88. The SMILES string of the molecule is CNc1nc(Cn2ncc(Cl)c2C)nc2sc(C)c(C)c12. The third kappa shape index (κ3) is 2.38. The van der Waals surface area contributed by atoms with Crippen molar-refractivity contribution in [2.45, 2.75) is 27.3 Å². The number of anilines is 1. The maximum atomic E-state index is 6.04. The Balaban J connectivity index is 2.09.